The fourth-order valence-electron chi connectivity index (χ4n) is 4.11. The van der Waals surface area contributed by atoms with Gasteiger partial charge in [0, 0.05) is 50.2 Å². The minimum Gasteiger partial charge on any atom is -0.476 e. The molecule has 0 atom stereocenters. The molecule has 3 aliphatic heterocycles. The summed E-state index contributed by atoms with van der Waals surface area (Å²) < 4.78 is 16.8. The predicted octanol–water partition coefficient (Wildman–Crippen LogP) is 0.771. The van der Waals surface area contributed by atoms with E-state index in [1.165, 1.54) is 0 Å². The summed E-state index contributed by atoms with van der Waals surface area (Å²) in [5, 5.41) is 5.67. The molecule has 2 amide bonds. The maximum absolute atomic E-state index is 13.1. The second kappa shape index (κ2) is 10.3. The summed E-state index contributed by atoms with van der Waals surface area (Å²) in [6.07, 6.45) is 0.300. The maximum Gasteiger partial charge on any atom is 0.274 e. The fraction of sp³-hybridized carbons (Fsp3) is 0.478. The number of rotatable bonds is 7. The van der Waals surface area contributed by atoms with Gasteiger partial charge in [0.2, 0.25) is 17.7 Å². The van der Waals surface area contributed by atoms with Crippen LogP contribution in [0.3, 0.4) is 0 Å². The van der Waals surface area contributed by atoms with Crippen LogP contribution in [0, 0.1) is 0 Å². The highest BCUT2D eigenvalue weighted by molar-refractivity contribution is 6.04. The fourth-order valence-corrected chi connectivity index (χ4v) is 4.11. The second-order valence-electron chi connectivity index (χ2n) is 8.34. The van der Waals surface area contributed by atoms with Crippen molar-refractivity contribution in [3.63, 3.8) is 0 Å². The van der Waals surface area contributed by atoms with E-state index in [1.807, 2.05) is 4.90 Å². The highest BCUT2D eigenvalue weighted by atomic mass is 16.5. The lowest BCUT2D eigenvalue weighted by molar-refractivity contribution is -0.115. The molecule has 0 radical (unpaired) electrons. The maximum atomic E-state index is 13.1. The molecule has 0 saturated carbocycles. The van der Waals surface area contributed by atoms with E-state index in [9.17, 15) is 9.59 Å². The number of ether oxygens (including phenoxy) is 3. The van der Waals surface area contributed by atoms with Crippen molar-refractivity contribution in [3.05, 3.63) is 35.5 Å². The molecule has 2 fully saturated rings. The van der Waals surface area contributed by atoms with Crippen molar-refractivity contribution in [1.82, 2.24) is 14.9 Å². The molecule has 2 aromatic rings. The van der Waals surface area contributed by atoms with E-state index >= 15 is 0 Å². The Balaban J connectivity index is 1.31. The van der Waals surface area contributed by atoms with Gasteiger partial charge in [-0.3, -0.25) is 14.5 Å². The number of fused-ring (bicyclic) bond motifs is 1. The van der Waals surface area contributed by atoms with Crippen molar-refractivity contribution in [2.24, 2.45) is 0 Å². The van der Waals surface area contributed by atoms with E-state index in [1.54, 1.807) is 24.3 Å². The third kappa shape index (κ3) is 5.44. The van der Waals surface area contributed by atoms with Crippen molar-refractivity contribution in [3.8, 4) is 5.88 Å². The van der Waals surface area contributed by atoms with Gasteiger partial charge in [0.05, 0.1) is 32.8 Å². The lowest BCUT2D eigenvalue weighted by atomic mass is 10.1. The van der Waals surface area contributed by atoms with Gasteiger partial charge in [-0.05, 0) is 23.8 Å². The van der Waals surface area contributed by atoms with Crippen LogP contribution >= 0.6 is 0 Å². The first kappa shape index (κ1) is 22.5. The second-order valence-corrected chi connectivity index (χ2v) is 8.34. The number of hydrogen-bond donors (Lipinski definition) is 2. The molecule has 0 bridgehead atoms. The molecule has 1 aromatic heterocycles. The number of carbonyl (C=O) groups excluding carboxylic acids is 2. The van der Waals surface area contributed by atoms with Gasteiger partial charge < -0.3 is 29.7 Å². The van der Waals surface area contributed by atoms with E-state index in [0.717, 1.165) is 44.1 Å². The SMILES string of the molecule is O=C1Cc2cc(NC(=O)c3cc(OCCN4CCOCC4)nc(N4CCOCC4)n3)ccc2N1. The third-order valence-corrected chi connectivity index (χ3v) is 5.97. The van der Waals surface area contributed by atoms with Crippen LogP contribution in [-0.4, -0.2) is 92.4 Å². The summed E-state index contributed by atoms with van der Waals surface area (Å²) in [5.74, 6) is 0.384. The largest absolute Gasteiger partial charge is 0.476 e. The number of nitrogens with zero attached hydrogens (tertiary/aromatic N) is 4. The summed E-state index contributed by atoms with van der Waals surface area (Å²) in [6.45, 7) is 6.86. The molecule has 0 unspecified atom stereocenters. The van der Waals surface area contributed by atoms with E-state index in [2.05, 4.69) is 25.5 Å². The molecule has 11 nitrogen and oxygen atoms in total. The zero-order valence-corrected chi connectivity index (χ0v) is 18.9. The summed E-state index contributed by atoms with van der Waals surface area (Å²) >= 11 is 0. The van der Waals surface area contributed by atoms with Crippen LogP contribution in [-0.2, 0) is 20.7 Å². The Bertz CT molecular complexity index is 1050. The molecule has 2 saturated heterocycles. The molecule has 4 heterocycles. The number of aromatic nitrogens is 2. The monoisotopic (exact) mass is 468 g/mol. The molecule has 3 aliphatic rings. The average Bonchev–Trinajstić information content (AvgIpc) is 3.24. The highest BCUT2D eigenvalue weighted by Crippen LogP contribution is 2.26. The van der Waals surface area contributed by atoms with E-state index in [-0.39, 0.29) is 17.5 Å². The molecule has 11 heteroatoms. The standard InChI is InChI=1S/C23H28N6O5/c30-20-14-16-13-17(1-2-18(16)25-20)24-22(31)19-15-21(34-12-5-28-3-8-32-9-4-28)27-23(26-19)29-6-10-33-11-7-29/h1-2,13,15H,3-12,14H2,(H,24,31)(H,25,30). The molecule has 0 aliphatic carbocycles. The van der Waals surface area contributed by atoms with E-state index in [4.69, 9.17) is 14.2 Å². The Labute approximate surface area is 197 Å². The van der Waals surface area contributed by atoms with Gasteiger partial charge in [-0.1, -0.05) is 0 Å². The van der Waals surface area contributed by atoms with Gasteiger partial charge in [-0.25, -0.2) is 4.98 Å². The molecule has 34 heavy (non-hydrogen) atoms. The smallest absolute Gasteiger partial charge is 0.274 e. The van der Waals surface area contributed by atoms with Gasteiger partial charge in [0.25, 0.3) is 5.91 Å². The quantitative estimate of drug-likeness (QED) is 0.607. The number of amides is 2. The van der Waals surface area contributed by atoms with Crippen molar-refractivity contribution < 1.29 is 23.8 Å². The number of anilines is 3. The van der Waals surface area contributed by atoms with Gasteiger partial charge in [-0.15, -0.1) is 0 Å². The average molecular weight is 469 g/mol. The molecule has 5 rings (SSSR count). The van der Waals surface area contributed by atoms with Crippen LogP contribution in [0.2, 0.25) is 0 Å². The molecule has 2 N–H and O–H groups in total. The Morgan fingerprint density at radius 3 is 2.62 bits per heavy atom. The van der Waals surface area contributed by atoms with Crippen molar-refractivity contribution >= 4 is 29.1 Å². The molecular formula is C23H28N6O5. The van der Waals surface area contributed by atoms with Gasteiger partial charge in [-0.2, -0.15) is 4.98 Å². The van der Waals surface area contributed by atoms with Crippen molar-refractivity contribution in [1.29, 1.82) is 0 Å². The summed E-state index contributed by atoms with van der Waals surface area (Å²) in [7, 11) is 0. The zero-order valence-electron chi connectivity index (χ0n) is 18.9. The summed E-state index contributed by atoms with van der Waals surface area (Å²) in [4.78, 5) is 38.0. The van der Waals surface area contributed by atoms with Gasteiger partial charge in [0.1, 0.15) is 12.3 Å². The highest BCUT2D eigenvalue weighted by Gasteiger charge is 2.21. The van der Waals surface area contributed by atoms with Crippen molar-refractivity contribution in [2.45, 2.75) is 6.42 Å². The minimum absolute atomic E-state index is 0.0525. The van der Waals surface area contributed by atoms with E-state index in [0.29, 0.717) is 56.8 Å². The van der Waals surface area contributed by atoms with Crippen molar-refractivity contribution in [2.75, 3.05) is 81.3 Å². The lowest BCUT2D eigenvalue weighted by Crippen LogP contribution is -2.39. The Kier molecular flexibility index (Phi) is 6.84. The van der Waals surface area contributed by atoms with E-state index < -0.39 is 0 Å². The topological polar surface area (TPSA) is 118 Å². The summed E-state index contributed by atoms with van der Waals surface area (Å²) in [6, 6.07) is 6.91. The number of nitrogens with one attached hydrogen (secondary N) is 2. The Hall–Kier alpha value is -3.28. The zero-order chi connectivity index (χ0) is 23.3. The lowest BCUT2D eigenvalue weighted by Gasteiger charge is -2.27. The predicted molar refractivity (Wildman–Crippen MR) is 125 cm³/mol. The minimum atomic E-state index is -0.368. The molecular weight excluding hydrogens is 440 g/mol. The molecule has 1 aromatic carbocycles. The van der Waals surface area contributed by atoms with Crippen LogP contribution in [0.25, 0.3) is 0 Å². The third-order valence-electron chi connectivity index (χ3n) is 5.97. The molecule has 0 spiro atoms. The normalized spacial score (nSPS) is 18.4. The van der Waals surface area contributed by atoms with Gasteiger partial charge in [0.15, 0.2) is 0 Å². The number of benzene rings is 1. The number of morpholine rings is 2. The first-order valence-corrected chi connectivity index (χ1v) is 11.5. The number of hydrogen-bond acceptors (Lipinski definition) is 9. The van der Waals surface area contributed by atoms with Crippen LogP contribution in [0.15, 0.2) is 24.3 Å². The van der Waals surface area contributed by atoms with Crippen LogP contribution in [0.1, 0.15) is 16.1 Å². The first-order chi connectivity index (χ1) is 16.6. The first-order valence-electron chi connectivity index (χ1n) is 11.5. The van der Waals surface area contributed by atoms with Crippen LogP contribution < -0.4 is 20.3 Å². The summed E-state index contributed by atoms with van der Waals surface area (Å²) in [5.41, 5.74) is 2.44. The van der Waals surface area contributed by atoms with Gasteiger partial charge >= 0.3 is 0 Å². The molecule has 180 valence electrons. The van der Waals surface area contributed by atoms with Crippen LogP contribution in [0.5, 0.6) is 5.88 Å². The Morgan fingerprint density at radius 2 is 1.82 bits per heavy atom. The van der Waals surface area contributed by atoms with Crippen LogP contribution in [0.4, 0.5) is 17.3 Å². The number of carbonyl (C=O) groups is 2. The Morgan fingerprint density at radius 1 is 1.06 bits per heavy atom.